The molecule has 0 saturated heterocycles. The first kappa shape index (κ1) is 11.8. The lowest BCUT2D eigenvalue weighted by molar-refractivity contribution is -0.129. The Bertz CT molecular complexity index is 438. The largest absolute Gasteiger partial charge is 0.477 e. The van der Waals surface area contributed by atoms with Crippen molar-refractivity contribution < 1.29 is 19.5 Å². The van der Waals surface area contributed by atoms with E-state index in [1.807, 2.05) is 13.0 Å². The Kier molecular flexibility index (Phi) is 2.77. The molecule has 1 aliphatic carbocycles. The van der Waals surface area contributed by atoms with Crippen molar-refractivity contribution in [3.8, 4) is 0 Å². The Morgan fingerprint density at radius 2 is 2.35 bits per heavy atom. The molecule has 17 heavy (non-hydrogen) atoms. The molecular weight excluding hydrogens is 222 g/mol. The zero-order valence-electron chi connectivity index (χ0n) is 9.90. The SMILES string of the molecule is CC1=CC[C@H](C2(C)CC(C(=O)O)=NO2)CC1=O. The molecule has 2 rings (SSSR count). The van der Waals surface area contributed by atoms with Gasteiger partial charge >= 0.3 is 5.97 Å². The maximum Gasteiger partial charge on any atom is 0.353 e. The Balaban J connectivity index is 2.10. The van der Waals surface area contributed by atoms with Crippen molar-refractivity contribution in [3.05, 3.63) is 11.6 Å². The van der Waals surface area contributed by atoms with E-state index in [-0.39, 0.29) is 23.8 Å². The Morgan fingerprint density at radius 1 is 1.65 bits per heavy atom. The van der Waals surface area contributed by atoms with E-state index in [2.05, 4.69) is 5.16 Å². The summed E-state index contributed by atoms with van der Waals surface area (Å²) in [4.78, 5) is 27.7. The van der Waals surface area contributed by atoms with E-state index in [9.17, 15) is 9.59 Å². The molecule has 5 heteroatoms. The first-order valence-electron chi connectivity index (χ1n) is 5.60. The van der Waals surface area contributed by atoms with Gasteiger partial charge in [0.1, 0.15) is 5.60 Å². The average molecular weight is 237 g/mol. The normalized spacial score (nSPS) is 32.8. The van der Waals surface area contributed by atoms with Crippen LogP contribution in [-0.2, 0) is 14.4 Å². The fourth-order valence-corrected chi connectivity index (χ4v) is 2.26. The minimum atomic E-state index is -1.05. The van der Waals surface area contributed by atoms with Crippen molar-refractivity contribution in [2.45, 2.75) is 38.7 Å². The van der Waals surface area contributed by atoms with Crippen LogP contribution < -0.4 is 0 Å². The number of allylic oxidation sites excluding steroid dienone is 2. The van der Waals surface area contributed by atoms with E-state index in [1.54, 1.807) is 6.92 Å². The molecule has 0 aromatic rings. The monoisotopic (exact) mass is 237 g/mol. The van der Waals surface area contributed by atoms with E-state index in [0.717, 1.165) is 12.0 Å². The summed E-state index contributed by atoms with van der Waals surface area (Å²) in [5.41, 5.74) is 0.147. The van der Waals surface area contributed by atoms with Crippen LogP contribution >= 0.6 is 0 Å². The highest BCUT2D eigenvalue weighted by Gasteiger charge is 2.45. The highest BCUT2D eigenvalue weighted by molar-refractivity contribution is 6.36. The van der Waals surface area contributed by atoms with Crippen LogP contribution in [-0.4, -0.2) is 28.2 Å². The summed E-state index contributed by atoms with van der Waals surface area (Å²) in [7, 11) is 0. The van der Waals surface area contributed by atoms with Gasteiger partial charge in [0, 0.05) is 18.8 Å². The zero-order valence-corrected chi connectivity index (χ0v) is 9.90. The summed E-state index contributed by atoms with van der Waals surface area (Å²) in [5.74, 6) is -0.947. The number of ketones is 1. The topological polar surface area (TPSA) is 76.0 Å². The lowest BCUT2D eigenvalue weighted by Crippen LogP contribution is -2.38. The second-order valence-electron chi connectivity index (χ2n) is 4.87. The van der Waals surface area contributed by atoms with Crippen LogP contribution in [0.5, 0.6) is 0 Å². The van der Waals surface area contributed by atoms with Gasteiger partial charge in [0.05, 0.1) is 0 Å². The van der Waals surface area contributed by atoms with E-state index < -0.39 is 11.6 Å². The number of nitrogens with zero attached hydrogens (tertiary/aromatic N) is 1. The van der Waals surface area contributed by atoms with Gasteiger partial charge in [-0.3, -0.25) is 4.79 Å². The number of rotatable bonds is 2. The average Bonchev–Trinajstić information content (AvgIpc) is 2.66. The molecule has 5 nitrogen and oxygen atoms in total. The molecule has 1 aliphatic heterocycles. The molecule has 2 atom stereocenters. The van der Waals surface area contributed by atoms with Crippen LogP contribution in [0.25, 0.3) is 0 Å². The molecule has 0 saturated carbocycles. The molecule has 0 aromatic heterocycles. The molecular formula is C12H15NO4. The molecule has 0 bridgehead atoms. The molecule has 1 heterocycles. The first-order valence-corrected chi connectivity index (χ1v) is 5.60. The number of hydrogen-bond donors (Lipinski definition) is 1. The maximum atomic E-state index is 11.6. The summed E-state index contributed by atoms with van der Waals surface area (Å²) in [6, 6.07) is 0. The second-order valence-corrected chi connectivity index (χ2v) is 4.87. The Hall–Kier alpha value is -1.65. The molecule has 0 amide bonds. The predicted octanol–water partition coefficient (Wildman–Crippen LogP) is 1.53. The minimum absolute atomic E-state index is 0.000648. The van der Waals surface area contributed by atoms with Gasteiger partial charge in [-0.25, -0.2) is 4.79 Å². The number of oxime groups is 1. The highest BCUT2D eigenvalue weighted by Crippen LogP contribution is 2.38. The van der Waals surface area contributed by atoms with E-state index in [1.165, 1.54) is 0 Å². The summed E-state index contributed by atoms with van der Waals surface area (Å²) in [5, 5.41) is 12.4. The van der Waals surface area contributed by atoms with Crippen molar-refractivity contribution in [2.24, 2.45) is 11.1 Å². The molecule has 1 unspecified atom stereocenters. The van der Waals surface area contributed by atoms with Crippen molar-refractivity contribution in [1.82, 2.24) is 0 Å². The standard InChI is InChI=1S/C12H15NO4/c1-7-3-4-8(5-10(7)14)12(2)6-9(11(15)16)13-17-12/h3,8H,4-6H2,1-2H3,(H,15,16)/t8-,12?/m0/s1. The maximum absolute atomic E-state index is 11.6. The number of carbonyl (C=O) groups is 2. The summed E-state index contributed by atoms with van der Waals surface area (Å²) in [6.07, 6.45) is 3.29. The van der Waals surface area contributed by atoms with Crippen LogP contribution in [0.3, 0.4) is 0 Å². The van der Waals surface area contributed by atoms with Crippen LogP contribution in [0.1, 0.15) is 33.1 Å². The van der Waals surface area contributed by atoms with Gasteiger partial charge in [0.15, 0.2) is 11.5 Å². The third-order valence-electron chi connectivity index (χ3n) is 3.57. The van der Waals surface area contributed by atoms with E-state index in [4.69, 9.17) is 9.94 Å². The van der Waals surface area contributed by atoms with Crippen molar-refractivity contribution in [2.75, 3.05) is 0 Å². The van der Waals surface area contributed by atoms with Gasteiger partial charge in [-0.05, 0) is 25.8 Å². The molecule has 92 valence electrons. The van der Waals surface area contributed by atoms with E-state index >= 15 is 0 Å². The van der Waals surface area contributed by atoms with Gasteiger partial charge < -0.3 is 9.94 Å². The van der Waals surface area contributed by atoms with Gasteiger partial charge in [0.25, 0.3) is 0 Å². The molecule has 2 aliphatic rings. The number of Topliss-reactive ketones (excluding diaryl/α,β-unsaturated/α-hetero) is 1. The van der Waals surface area contributed by atoms with Crippen molar-refractivity contribution in [3.63, 3.8) is 0 Å². The minimum Gasteiger partial charge on any atom is -0.477 e. The summed E-state index contributed by atoms with van der Waals surface area (Å²) >= 11 is 0. The third kappa shape index (κ3) is 2.09. The second kappa shape index (κ2) is 3.98. The van der Waals surface area contributed by atoms with Gasteiger partial charge in [0.2, 0.25) is 0 Å². The van der Waals surface area contributed by atoms with Gasteiger partial charge in [-0.2, -0.15) is 0 Å². The Labute approximate surface area is 99.1 Å². The fourth-order valence-electron chi connectivity index (χ4n) is 2.26. The molecule has 0 spiro atoms. The number of carbonyl (C=O) groups excluding carboxylic acids is 1. The van der Waals surface area contributed by atoms with Crippen LogP contribution in [0, 0.1) is 5.92 Å². The summed E-state index contributed by atoms with van der Waals surface area (Å²) in [6.45, 7) is 3.62. The van der Waals surface area contributed by atoms with Crippen LogP contribution in [0.15, 0.2) is 16.8 Å². The van der Waals surface area contributed by atoms with Gasteiger partial charge in [-0.15, -0.1) is 0 Å². The molecule has 0 aromatic carbocycles. The smallest absolute Gasteiger partial charge is 0.353 e. The molecule has 0 radical (unpaired) electrons. The quantitative estimate of drug-likeness (QED) is 0.790. The molecule has 0 fully saturated rings. The zero-order chi connectivity index (χ0) is 12.6. The summed E-state index contributed by atoms with van der Waals surface area (Å²) < 4.78 is 0. The van der Waals surface area contributed by atoms with E-state index in [0.29, 0.717) is 6.42 Å². The first-order chi connectivity index (χ1) is 7.92. The molecule has 1 N–H and O–H groups in total. The lowest BCUT2D eigenvalue weighted by atomic mass is 9.76. The van der Waals surface area contributed by atoms with Crippen LogP contribution in [0.4, 0.5) is 0 Å². The highest BCUT2D eigenvalue weighted by atomic mass is 16.7. The predicted molar refractivity (Wildman–Crippen MR) is 60.7 cm³/mol. The third-order valence-corrected chi connectivity index (χ3v) is 3.57. The number of carboxylic acids is 1. The van der Waals surface area contributed by atoms with Crippen molar-refractivity contribution in [1.29, 1.82) is 0 Å². The van der Waals surface area contributed by atoms with Crippen LogP contribution in [0.2, 0.25) is 0 Å². The number of hydrogen-bond acceptors (Lipinski definition) is 4. The lowest BCUT2D eigenvalue weighted by Gasteiger charge is -2.32. The number of carboxylic acid groups (broad SMARTS) is 1. The van der Waals surface area contributed by atoms with Gasteiger partial charge in [-0.1, -0.05) is 11.2 Å². The Morgan fingerprint density at radius 3 is 2.88 bits per heavy atom. The fraction of sp³-hybridized carbons (Fsp3) is 0.583. The number of aliphatic carboxylic acids is 1. The van der Waals surface area contributed by atoms with Crippen molar-refractivity contribution >= 4 is 17.5 Å².